The number of rotatable bonds is 10. The standard InChI is InChI=1S/C27H35N5O4S2/c1-2-4-20-18-28-26(29-19-20)31-11-9-23(10-12-31)36-27-30-24-6-5-22(17-25(24)37-27)21-7-13-32(14-8-21)38(34,35)16-3-15-33/h5-7,17-19,23,33H,2-4,8-16H2,1H3. The number of fused-ring (bicyclic) bond motifs is 1. The Morgan fingerprint density at radius 1 is 1.16 bits per heavy atom. The van der Waals surface area contributed by atoms with Crippen LogP contribution in [0.15, 0.2) is 36.7 Å². The molecule has 0 aliphatic carbocycles. The summed E-state index contributed by atoms with van der Waals surface area (Å²) >= 11 is 1.56. The van der Waals surface area contributed by atoms with Crippen LogP contribution >= 0.6 is 11.3 Å². The number of ether oxygens (including phenoxy) is 1. The summed E-state index contributed by atoms with van der Waals surface area (Å²) in [4.78, 5) is 16.0. The molecule has 0 spiro atoms. The van der Waals surface area contributed by atoms with Crippen LogP contribution in [0.4, 0.5) is 5.95 Å². The fourth-order valence-electron chi connectivity index (χ4n) is 4.94. The third-order valence-electron chi connectivity index (χ3n) is 7.09. The van der Waals surface area contributed by atoms with Crippen molar-refractivity contribution in [1.82, 2.24) is 19.3 Å². The molecular formula is C27H35N5O4S2. The summed E-state index contributed by atoms with van der Waals surface area (Å²) < 4.78 is 33.7. The van der Waals surface area contributed by atoms with Gasteiger partial charge in [-0.2, -0.15) is 4.31 Å². The van der Waals surface area contributed by atoms with Crippen molar-refractivity contribution in [3.05, 3.63) is 47.8 Å². The first-order chi connectivity index (χ1) is 18.4. The van der Waals surface area contributed by atoms with E-state index >= 15 is 0 Å². The summed E-state index contributed by atoms with van der Waals surface area (Å²) in [6, 6.07) is 6.20. The number of piperidine rings is 1. The zero-order valence-corrected chi connectivity index (χ0v) is 23.4. The van der Waals surface area contributed by atoms with E-state index in [9.17, 15) is 8.42 Å². The van der Waals surface area contributed by atoms with Gasteiger partial charge in [0.1, 0.15) is 6.10 Å². The zero-order valence-electron chi connectivity index (χ0n) is 21.8. The zero-order chi connectivity index (χ0) is 26.5. The van der Waals surface area contributed by atoms with Gasteiger partial charge >= 0.3 is 0 Å². The van der Waals surface area contributed by atoms with Crippen LogP contribution in [-0.2, 0) is 16.4 Å². The predicted molar refractivity (Wildman–Crippen MR) is 151 cm³/mol. The molecule has 38 heavy (non-hydrogen) atoms. The number of benzene rings is 1. The SMILES string of the molecule is CCCc1cnc(N2CCC(Oc3nc4ccc(C5=CCN(S(=O)(=O)CCCO)CC5)cc4s3)CC2)nc1. The number of aryl methyl sites for hydroxylation is 1. The molecule has 1 saturated heterocycles. The van der Waals surface area contributed by atoms with Gasteiger partial charge in [-0.25, -0.2) is 23.4 Å². The molecule has 0 radical (unpaired) electrons. The molecule has 4 heterocycles. The molecule has 0 amide bonds. The molecule has 1 fully saturated rings. The Labute approximate surface area is 228 Å². The largest absolute Gasteiger partial charge is 0.467 e. The number of nitrogens with zero attached hydrogens (tertiary/aromatic N) is 5. The lowest BCUT2D eigenvalue weighted by Gasteiger charge is -2.31. The van der Waals surface area contributed by atoms with Gasteiger partial charge < -0.3 is 14.7 Å². The van der Waals surface area contributed by atoms with Gasteiger partial charge in [-0.3, -0.25) is 0 Å². The molecule has 2 aliphatic rings. The van der Waals surface area contributed by atoms with Gasteiger partial charge in [0, 0.05) is 58.0 Å². The van der Waals surface area contributed by atoms with Gasteiger partial charge in [0.15, 0.2) is 0 Å². The number of sulfonamides is 1. The summed E-state index contributed by atoms with van der Waals surface area (Å²) in [5, 5.41) is 9.65. The highest BCUT2D eigenvalue weighted by Crippen LogP contribution is 2.33. The Kier molecular flexibility index (Phi) is 8.57. The molecule has 2 aromatic heterocycles. The van der Waals surface area contributed by atoms with Crippen molar-refractivity contribution in [3.8, 4) is 5.19 Å². The van der Waals surface area contributed by atoms with Crippen molar-refractivity contribution >= 4 is 43.1 Å². The van der Waals surface area contributed by atoms with E-state index in [1.807, 2.05) is 24.5 Å². The predicted octanol–water partition coefficient (Wildman–Crippen LogP) is 3.89. The molecule has 0 bridgehead atoms. The summed E-state index contributed by atoms with van der Waals surface area (Å²) in [6.07, 6.45) is 10.8. The monoisotopic (exact) mass is 557 g/mol. The Balaban J connectivity index is 1.18. The smallest absolute Gasteiger partial charge is 0.274 e. The average Bonchev–Trinajstić information content (AvgIpc) is 3.34. The maximum atomic E-state index is 12.4. The minimum atomic E-state index is -3.33. The van der Waals surface area contributed by atoms with Crippen LogP contribution in [0.3, 0.4) is 0 Å². The van der Waals surface area contributed by atoms with Gasteiger partial charge in [-0.15, -0.1) is 0 Å². The number of hydrogen-bond acceptors (Lipinski definition) is 9. The first-order valence-electron chi connectivity index (χ1n) is 13.4. The first-order valence-corrected chi connectivity index (χ1v) is 15.8. The van der Waals surface area contributed by atoms with E-state index in [0.717, 1.165) is 66.1 Å². The minimum Gasteiger partial charge on any atom is -0.467 e. The summed E-state index contributed by atoms with van der Waals surface area (Å²) in [6.45, 7) is 4.58. The van der Waals surface area contributed by atoms with Crippen LogP contribution in [0, 0.1) is 0 Å². The minimum absolute atomic E-state index is 0.0127. The molecule has 0 atom stereocenters. The molecule has 1 N–H and O–H groups in total. The summed E-state index contributed by atoms with van der Waals surface area (Å²) in [7, 11) is -3.33. The number of anilines is 1. The van der Waals surface area contributed by atoms with Gasteiger partial charge in [0.25, 0.3) is 5.19 Å². The van der Waals surface area contributed by atoms with Gasteiger partial charge in [-0.05, 0) is 48.1 Å². The van der Waals surface area contributed by atoms with Crippen LogP contribution < -0.4 is 9.64 Å². The molecule has 204 valence electrons. The Bertz CT molecular complexity index is 1370. The highest BCUT2D eigenvalue weighted by molar-refractivity contribution is 7.89. The molecular weight excluding hydrogens is 522 g/mol. The van der Waals surface area contributed by atoms with Crippen molar-refractivity contribution in [2.45, 2.75) is 51.6 Å². The number of thiazole rings is 1. The quantitative estimate of drug-likeness (QED) is 0.400. The number of aliphatic hydroxyl groups excluding tert-OH is 1. The molecule has 5 rings (SSSR count). The highest BCUT2D eigenvalue weighted by atomic mass is 32.2. The van der Waals surface area contributed by atoms with Gasteiger partial charge in [0.05, 0.1) is 16.0 Å². The second-order valence-corrected chi connectivity index (χ2v) is 12.9. The fourth-order valence-corrected chi connectivity index (χ4v) is 7.28. The molecule has 0 unspecified atom stereocenters. The van der Waals surface area contributed by atoms with Crippen LogP contribution in [0.2, 0.25) is 0 Å². The maximum Gasteiger partial charge on any atom is 0.274 e. The van der Waals surface area contributed by atoms with Crippen molar-refractivity contribution in [2.24, 2.45) is 0 Å². The average molecular weight is 558 g/mol. The number of aromatic nitrogens is 3. The molecule has 1 aromatic carbocycles. The van der Waals surface area contributed by atoms with Crippen LogP contribution in [0.25, 0.3) is 15.8 Å². The van der Waals surface area contributed by atoms with Crippen molar-refractivity contribution in [1.29, 1.82) is 0 Å². The van der Waals surface area contributed by atoms with E-state index in [4.69, 9.17) is 14.8 Å². The Morgan fingerprint density at radius 2 is 1.95 bits per heavy atom. The number of aliphatic hydroxyl groups is 1. The third-order valence-corrected chi connectivity index (χ3v) is 9.92. The van der Waals surface area contributed by atoms with Crippen molar-refractivity contribution in [2.75, 3.05) is 43.4 Å². The van der Waals surface area contributed by atoms with Crippen LogP contribution in [0.1, 0.15) is 50.2 Å². The first kappa shape index (κ1) is 27.0. The maximum absolute atomic E-state index is 12.4. The molecule has 11 heteroatoms. The highest BCUT2D eigenvalue weighted by Gasteiger charge is 2.25. The van der Waals surface area contributed by atoms with E-state index in [0.29, 0.717) is 24.7 Å². The second-order valence-electron chi connectivity index (χ2n) is 9.84. The van der Waals surface area contributed by atoms with E-state index in [2.05, 4.69) is 33.9 Å². The van der Waals surface area contributed by atoms with E-state index < -0.39 is 10.0 Å². The molecule has 0 saturated carbocycles. The Hall–Kier alpha value is -2.60. The molecule has 3 aromatic rings. The van der Waals surface area contributed by atoms with Gasteiger partial charge in [-0.1, -0.05) is 36.8 Å². The van der Waals surface area contributed by atoms with Crippen LogP contribution in [0.5, 0.6) is 5.19 Å². The molecule has 9 nitrogen and oxygen atoms in total. The normalized spacial score (nSPS) is 17.6. The van der Waals surface area contributed by atoms with E-state index in [1.54, 1.807) is 11.3 Å². The lowest BCUT2D eigenvalue weighted by molar-refractivity contribution is 0.170. The van der Waals surface area contributed by atoms with E-state index in [-0.39, 0.29) is 24.9 Å². The topological polar surface area (TPSA) is 109 Å². The van der Waals surface area contributed by atoms with Crippen molar-refractivity contribution in [3.63, 3.8) is 0 Å². The van der Waals surface area contributed by atoms with E-state index in [1.165, 1.54) is 9.87 Å². The second kappa shape index (κ2) is 12.1. The van der Waals surface area contributed by atoms with Crippen LogP contribution in [-0.4, -0.2) is 77.4 Å². The van der Waals surface area contributed by atoms with Crippen molar-refractivity contribution < 1.29 is 18.3 Å². The van der Waals surface area contributed by atoms with Gasteiger partial charge in [0.2, 0.25) is 16.0 Å². The number of hydrogen-bond donors (Lipinski definition) is 1. The lowest BCUT2D eigenvalue weighted by Crippen LogP contribution is -2.39. The summed E-state index contributed by atoms with van der Waals surface area (Å²) in [5.41, 5.74) is 4.33. The lowest BCUT2D eigenvalue weighted by atomic mass is 10.0. The fraction of sp³-hybridized carbons (Fsp3) is 0.519. The third kappa shape index (κ3) is 6.33. The summed E-state index contributed by atoms with van der Waals surface area (Å²) in [5.74, 6) is 0.778. The Morgan fingerprint density at radius 3 is 2.63 bits per heavy atom. The molecule has 2 aliphatic heterocycles.